The highest BCUT2D eigenvalue weighted by Crippen LogP contribution is 2.42. The molecule has 3 N–H and O–H groups in total. The van der Waals surface area contributed by atoms with Gasteiger partial charge in [0.2, 0.25) is 17.5 Å². The summed E-state index contributed by atoms with van der Waals surface area (Å²) in [4.78, 5) is 87.6. The van der Waals surface area contributed by atoms with Gasteiger partial charge in [0.1, 0.15) is 12.1 Å². The number of cyclic esters (lactones) is 1. The van der Waals surface area contributed by atoms with Crippen LogP contribution in [0.1, 0.15) is 89.6 Å². The fourth-order valence-corrected chi connectivity index (χ4v) is 11.5. The molecule has 4 aromatic rings. The highest BCUT2D eigenvalue weighted by Gasteiger charge is 2.46. The second-order valence-corrected chi connectivity index (χ2v) is 21.5. The summed E-state index contributed by atoms with van der Waals surface area (Å²) < 4.78 is 14.1. The number of piperazine rings is 1. The van der Waals surface area contributed by atoms with Crippen molar-refractivity contribution in [2.75, 3.05) is 67.1 Å². The summed E-state index contributed by atoms with van der Waals surface area (Å²) in [6.45, 7) is 14.9. The average molecular weight is 983 g/mol. The lowest BCUT2D eigenvalue weighted by Crippen LogP contribution is -2.67. The van der Waals surface area contributed by atoms with Gasteiger partial charge in [-0.3, -0.25) is 29.3 Å². The summed E-state index contributed by atoms with van der Waals surface area (Å²) in [5.41, 5.74) is 6.26. The molecular formula is C51H70N10O8S. The van der Waals surface area contributed by atoms with E-state index in [2.05, 4.69) is 45.3 Å². The minimum atomic E-state index is -2.23. The zero-order valence-corrected chi connectivity index (χ0v) is 42.9. The van der Waals surface area contributed by atoms with Gasteiger partial charge in [0.15, 0.2) is 0 Å². The SMILES string of the molecule is CCn1c(-c2cccnc2[C@H](C)OC)c2c3cc(ccc31)-c1csc(n1)C[C@H](NC(=O)[C@H](C(C)C)N(C)C(=O)N1CCN(C(=O)[C@@H]3CCCN3C)CC1)C(=O)N1CCC[C@@](O)(N1)C(=O)OCC(C)(C)C2. The van der Waals surface area contributed by atoms with Crippen LogP contribution in [0.2, 0.25) is 0 Å². The molecule has 8 rings (SSSR count). The Hall–Kier alpha value is -5.47. The van der Waals surface area contributed by atoms with Gasteiger partial charge >= 0.3 is 12.0 Å². The summed E-state index contributed by atoms with van der Waals surface area (Å²) in [6.07, 6.45) is 4.03. The normalized spacial score (nSPS) is 23.3. The van der Waals surface area contributed by atoms with Crippen molar-refractivity contribution in [1.82, 2.24) is 49.9 Å². The number of aliphatic hydroxyl groups is 1. The third-order valence-electron chi connectivity index (χ3n) is 14.5. The molecule has 3 aromatic heterocycles. The van der Waals surface area contributed by atoms with Crippen molar-refractivity contribution in [2.45, 2.75) is 117 Å². The summed E-state index contributed by atoms with van der Waals surface area (Å²) in [5, 5.41) is 19.6. The quantitative estimate of drug-likeness (QED) is 0.194. The Balaban J connectivity index is 1.12. The zero-order valence-electron chi connectivity index (χ0n) is 42.1. The first-order chi connectivity index (χ1) is 33.3. The molecule has 3 fully saturated rings. The Labute approximate surface area is 414 Å². The smallest absolute Gasteiger partial charge is 0.355 e. The van der Waals surface area contributed by atoms with Crippen molar-refractivity contribution in [3.05, 3.63) is 58.2 Å². The lowest BCUT2D eigenvalue weighted by Gasteiger charge is -2.41. The van der Waals surface area contributed by atoms with Crippen molar-refractivity contribution < 1.29 is 38.6 Å². The van der Waals surface area contributed by atoms with Crippen LogP contribution in [0.5, 0.6) is 0 Å². The topological polar surface area (TPSA) is 195 Å². The number of benzene rings is 1. The number of ether oxygens (including phenoxy) is 2. The Morgan fingerprint density at radius 3 is 2.49 bits per heavy atom. The number of likely N-dealkylation sites (N-methyl/N-ethyl adjacent to an activating group) is 2. The fraction of sp³-hybridized carbons (Fsp3) is 0.588. The number of hydrogen-bond acceptors (Lipinski definition) is 13. The Morgan fingerprint density at radius 1 is 1.06 bits per heavy atom. The van der Waals surface area contributed by atoms with Crippen molar-refractivity contribution in [3.63, 3.8) is 0 Å². The molecule has 5 atom stereocenters. The van der Waals surface area contributed by atoms with Gasteiger partial charge in [0, 0.05) is 105 Å². The number of nitrogens with one attached hydrogen (secondary N) is 2. The third kappa shape index (κ3) is 10.2. The van der Waals surface area contributed by atoms with Crippen LogP contribution in [0.25, 0.3) is 33.4 Å². The van der Waals surface area contributed by atoms with E-state index in [9.17, 15) is 29.1 Å². The number of carbonyl (C=O) groups excluding carboxylic acids is 5. The standard InChI is InChI=1S/C51H70N10O8S/c1-10-60-39-17-16-33-26-35(39)36(44(60)34-14-11-19-52-42(34)32(4)68-9)28-50(5,6)30-69-48(65)51(67)18-13-21-61(55-51)46(63)37(27-41-53-38(33)29-70-41)54-45(62)43(31(2)3)57(8)49(66)59-24-22-58(23-25-59)47(64)40-15-12-20-56(40)7/h11,14,16-17,19,26,29,31-32,37,40,43,55,67H,10,12-13,15,18,20-25,27-28,30H2,1-9H3,(H,54,62)/t32-,37-,40-,43-,51-/m0/s1. The molecule has 6 bridgehead atoms. The first kappa shape index (κ1) is 50.9. The summed E-state index contributed by atoms with van der Waals surface area (Å²) in [5.74, 6) is -2.31. The lowest BCUT2D eigenvalue weighted by molar-refractivity contribution is -0.189. The number of pyridine rings is 1. The van der Waals surface area contributed by atoms with Crippen LogP contribution >= 0.6 is 11.3 Å². The molecule has 70 heavy (non-hydrogen) atoms. The molecular weight excluding hydrogens is 913 g/mol. The van der Waals surface area contributed by atoms with E-state index < -0.39 is 41.0 Å². The molecule has 0 radical (unpaired) electrons. The fourth-order valence-electron chi connectivity index (χ4n) is 10.7. The molecule has 0 aliphatic carbocycles. The maximum atomic E-state index is 14.7. The molecule has 0 saturated carbocycles. The molecule has 3 saturated heterocycles. The van der Waals surface area contributed by atoms with Gasteiger partial charge in [-0.25, -0.2) is 14.6 Å². The maximum absolute atomic E-state index is 14.7. The number of nitrogens with zero attached hydrogens (tertiary/aromatic N) is 8. The minimum Gasteiger partial charge on any atom is -0.462 e. The third-order valence-corrected chi connectivity index (χ3v) is 15.4. The highest BCUT2D eigenvalue weighted by atomic mass is 32.1. The molecule has 18 nitrogen and oxygen atoms in total. The van der Waals surface area contributed by atoms with Crippen molar-refractivity contribution >= 4 is 52.0 Å². The van der Waals surface area contributed by atoms with Gasteiger partial charge in [-0.15, -0.1) is 11.3 Å². The Kier molecular flexibility index (Phi) is 15.1. The number of rotatable bonds is 9. The van der Waals surface area contributed by atoms with Crippen LogP contribution in [0.3, 0.4) is 0 Å². The lowest BCUT2D eigenvalue weighted by atomic mass is 9.84. The number of esters is 1. The predicted molar refractivity (Wildman–Crippen MR) is 266 cm³/mol. The van der Waals surface area contributed by atoms with Crippen molar-refractivity contribution in [1.29, 1.82) is 0 Å². The largest absolute Gasteiger partial charge is 0.462 e. The van der Waals surface area contributed by atoms with E-state index in [1.807, 2.05) is 64.1 Å². The average Bonchev–Trinajstić information content (AvgIpc) is 4.08. The van der Waals surface area contributed by atoms with Crippen LogP contribution in [-0.4, -0.2) is 165 Å². The number of amides is 5. The number of aryl methyl sites for hydroxylation is 1. The first-order valence-corrected chi connectivity index (χ1v) is 25.6. The second-order valence-electron chi connectivity index (χ2n) is 20.5. The summed E-state index contributed by atoms with van der Waals surface area (Å²) >= 11 is 1.36. The second kappa shape index (κ2) is 20.7. The molecule has 4 aliphatic rings. The van der Waals surface area contributed by atoms with E-state index in [4.69, 9.17) is 19.4 Å². The number of urea groups is 1. The maximum Gasteiger partial charge on any atom is 0.355 e. The number of carbonyl (C=O) groups is 5. The number of fused-ring (bicyclic) bond motifs is 6. The van der Waals surface area contributed by atoms with Gasteiger partial charge in [-0.2, -0.15) is 5.43 Å². The number of likely N-dealkylation sites (tertiary alicyclic amines) is 1. The van der Waals surface area contributed by atoms with Gasteiger partial charge in [-0.1, -0.05) is 33.8 Å². The van der Waals surface area contributed by atoms with Crippen LogP contribution in [0, 0.1) is 11.3 Å². The monoisotopic (exact) mass is 983 g/mol. The van der Waals surface area contributed by atoms with Crippen molar-refractivity contribution in [2.24, 2.45) is 11.3 Å². The minimum absolute atomic E-state index is 0.00947. The number of hydrazine groups is 1. The molecule has 1 aromatic carbocycles. The molecule has 0 unspecified atom stereocenters. The van der Waals surface area contributed by atoms with Crippen LogP contribution in [0.4, 0.5) is 4.79 Å². The highest BCUT2D eigenvalue weighted by molar-refractivity contribution is 7.10. The summed E-state index contributed by atoms with van der Waals surface area (Å²) in [6, 6.07) is 7.60. The Morgan fingerprint density at radius 2 is 1.80 bits per heavy atom. The van der Waals surface area contributed by atoms with Gasteiger partial charge in [0.25, 0.3) is 5.91 Å². The predicted octanol–water partition coefficient (Wildman–Crippen LogP) is 4.84. The van der Waals surface area contributed by atoms with E-state index in [0.29, 0.717) is 49.8 Å². The van der Waals surface area contributed by atoms with Crippen LogP contribution in [-0.2, 0) is 48.0 Å². The molecule has 0 spiro atoms. The van der Waals surface area contributed by atoms with E-state index in [1.165, 1.54) is 21.2 Å². The number of thiazole rings is 1. The molecule has 5 amide bonds. The Bertz CT molecular complexity index is 2610. The van der Waals surface area contributed by atoms with E-state index in [0.717, 1.165) is 58.4 Å². The van der Waals surface area contributed by atoms with Crippen LogP contribution < -0.4 is 10.7 Å². The van der Waals surface area contributed by atoms with Crippen LogP contribution in [0.15, 0.2) is 41.9 Å². The molecule has 19 heteroatoms. The van der Waals surface area contributed by atoms with Crippen molar-refractivity contribution in [3.8, 4) is 22.5 Å². The van der Waals surface area contributed by atoms with E-state index in [1.54, 1.807) is 25.3 Å². The zero-order chi connectivity index (χ0) is 50.2. The van der Waals surface area contributed by atoms with E-state index >= 15 is 0 Å². The molecule has 7 heterocycles. The summed E-state index contributed by atoms with van der Waals surface area (Å²) in [7, 11) is 5.22. The molecule has 378 valence electrons. The first-order valence-electron chi connectivity index (χ1n) is 24.7. The van der Waals surface area contributed by atoms with E-state index in [-0.39, 0.29) is 62.4 Å². The number of hydrogen-bond donors (Lipinski definition) is 3. The number of methoxy groups -OCH3 is 1. The van der Waals surface area contributed by atoms with Gasteiger partial charge < -0.3 is 39.2 Å². The van der Waals surface area contributed by atoms with Gasteiger partial charge in [0.05, 0.1) is 40.8 Å². The van der Waals surface area contributed by atoms with Gasteiger partial charge in [-0.05, 0) is 88.9 Å². The molecule has 4 aliphatic heterocycles. The number of aromatic nitrogens is 3.